The lowest BCUT2D eigenvalue weighted by Crippen LogP contribution is -2.54. The molecule has 33 heavy (non-hydrogen) atoms. The minimum Gasteiger partial charge on any atom is -0.495 e. The number of hydrogen-bond donors (Lipinski definition) is 2. The Bertz CT molecular complexity index is 1080. The fourth-order valence-electron chi connectivity index (χ4n) is 4.14. The molecule has 2 aromatic rings. The van der Waals surface area contributed by atoms with E-state index in [0.29, 0.717) is 26.2 Å². The molecule has 0 aromatic heterocycles. The summed E-state index contributed by atoms with van der Waals surface area (Å²) in [5.74, 6) is -1.53. The van der Waals surface area contributed by atoms with Crippen molar-refractivity contribution in [1.82, 2.24) is 10.2 Å². The van der Waals surface area contributed by atoms with Crippen molar-refractivity contribution >= 4 is 23.3 Å². The molecule has 0 aliphatic carbocycles. The summed E-state index contributed by atoms with van der Waals surface area (Å²) >= 11 is 0. The van der Waals surface area contributed by atoms with Crippen LogP contribution in [0.2, 0.25) is 0 Å². The number of anilines is 1. The largest absolute Gasteiger partial charge is 0.495 e. The average molecular weight is 466 g/mol. The van der Waals surface area contributed by atoms with Crippen molar-refractivity contribution in [1.29, 1.82) is 0 Å². The zero-order chi connectivity index (χ0) is 23.8. The molecule has 1 saturated heterocycles. The highest BCUT2D eigenvalue weighted by molar-refractivity contribution is 6.02. The summed E-state index contributed by atoms with van der Waals surface area (Å²) in [5, 5.41) is 12.8. The third kappa shape index (κ3) is 4.45. The number of rotatable bonds is 4. The Morgan fingerprint density at radius 3 is 2.61 bits per heavy atom. The number of methoxy groups -OCH3 is 1. The standard InChI is InChI=1S/C22H22F4N4O3/c1-33-18-6-5-13(22(24,25)26)11-17(18)30-16(12-19(31)32)14-3-2-4-15(23)20(14)28-21(30)29-9-7-27-8-10-29/h2-6,11,16,27H,7-10,12H2,1H3,(H,31,32)/t16-/m0/s1. The molecule has 2 heterocycles. The summed E-state index contributed by atoms with van der Waals surface area (Å²) < 4.78 is 60.8. The molecule has 2 aromatic carbocycles. The minimum absolute atomic E-state index is 0.00534. The van der Waals surface area contributed by atoms with Crippen LogP contribution in [-0.4, -0.2) is 55.2 Å². The third-order valence-corrected chi connectivity index (χ3v) is 5.65. The number of piperazine rings is 1. The number of nitrogens with one attached hydrogen (secondary N) is 1. The maximum atomic E-state index is 14.7. The van der Waals surface area contributed by atoms with Gasteiger partial charge in [0, 0.05) is 31.7 Å². The van der Waals surface area contributed by atoms with Crippen LogP contribution in [-0.2, 0) is 11.0 Å². The summed E-state index contributed by atoms with van der Waals surface area (Å²) in [6, 6.07) is 6.17. The van der Waals surface area contributed by atoms with E-state index >= 15 is 0 Å². The second-order valence-corrected chi connectivity index (χ2v) is 7.69. The summed E-state index contributed by atoms with van der Waals surface area (Å²) in [5.41, 5.74) is -0.655. The number of nitrogens with zero attached hydrogens (tertiary/aromatic N) is 3. The Kier molecular flexibility index (Phi) is 6.15. The van der Waals surface area contributed by atoms with Crippen LogP contribution in [0.25, 0.3) is 0 Å². The van der Waals surface area contributed by atoms with E-state index in [4.69, 9.17) is 4.74 Å². The molecule has 2 aliphatic rings. The van der Waals surface area contributed by atoms with Crippen molar-refractivity contribution in [2.24, 2.45) is 4.99 Å². The highest BCUT2D eigenvalue weighted by Gasteiger charge is 2.39. The van der Waals surface area contributed by atoms with E-state index in [1.807, 2.05) is 0 Å². The Balaban J connectivity index is 1.97. The smallest absolute Gasteiger partial charge is 0.416 e. The molecule has 2 aliphatic heterocycles. The number of aliphatic imine (C=N–C) groups is 1. The monoisotopic (exact) mass is 466 g/mol. The first-order valence-electron chi connectivity index (χ1n) is 10.3. The quantitative estimate of drug-likeness (QED) is 0.668. The number of ether oxygens (including phenoxy) is 1. The van der Waals surface area contributed by atoms with E-state index in [1.54, 1.807) is 4.90 Å². The molecular formula is C22H22F4N4O3. The molecule has 176 valence electrons. The first-order valence-corrected chi connectivity index (χ1v) is 10.3. The SMILES string of the molecule is COc1ccc(C(F)(F)F)cc1N1C(N2CCNCC2)=Nc2c(F)cccc2[C@@H]1CC(=O)O. The molecule has 4 rings (SSSR count). The number of para-hydroxylation sites is 1. The number of aliphatic carboxylic acids is 1. The predicted molar refractivity (Wildman–Crippen MR) is 113 cm³/mol. The zero-order valence-corrected chi connectivity index (χ0v) is 17.7. The van der Waals surface area contributed by atoms with Crippen LogP contribution in [0.4, 0.5) is 28.9 Å². The van der Waals surface area contributed by atoms with Crippen LogP contribution in [0.3, 0.4) is 0 Å². The molecule has 0 bridgehead atoms. The van der Waals surface area contributed by atoms with Gasteiger partial charge >= 0.3 is 12.1 Å². The van der Waals surface area contributed by atoms with Crippen LogP contribution >= 0.6 is 0 Å². The van der Waals surface area contributed by atoms with Gasteiger partial charge in [0.25, 0.3) is 0 Å². The van der Waals surface area contributed by atoms with Gasteiger partial charge < -0.3 is 25.0 Å². The third-order valence-electron chi connectivity index (χ3n) is 5.65. The Hall–Kier alpha value is -3.34. The molecule has 2 N–H and O–H groups in total. The minimum atomic E-state index is -4.63. The van der Waals surface area contributed by atoms with Gasteiger partial charge in [-0.2, -0.15) is 13.2 Å². The van der Waals surface area contributed by atoms with Crippen molar-refractivity contribution in [2.75, 3.05) is 38.2 Å². The topological polar surface area (TPSA) is 77.4 Å². The van der Waals surface area contributed by atoms with E-state index in [1.165, 1.54) is 36.3 Å². The molecule has 0 spiro atoms. The number of guanidine groups is 1. The lowest BCUT2D eigenvalue weighted by Gasteiger charge is -2.43. The first-order chi connectivity index (χ1) is 15.7. The van der Waals surface area contributed by atoms with E-state index in [-0.39, 0.29) is 28.6 Å². The zero-order valence-electron chi connectivity index (χ0n) is 17.7. The van der Waals surface area contributed by atoms with Gasteiger partial charge in [-0.15, -0.1) is 0 Å². The van der Waals surface area contributed by atoms with E-state index in [2.05, 4.69) is 10.3 Å². The fraction of sp³-hybridized carbons (Fsp3) is 0.364. The van der Waals surface area contributed by atoms with Crippen LogP contribution in [0, 0.1) is 5.82 Å². The second-order valence-electron chi connectivity index (χ2n) is 7.69. The molecule has 0 unspecified atom stereocenters. The summed E-state index contributed by atoms with van der Waals surface area (Å²) in [7, 11) is 1.32. The number of carboxylic acid groups (broad SMARTS) is 1. The molecule has 0 saturated carbocycles. The Morgan fingerprint density at radius 1 is 1.24 bits per heavy atom. The van der Waals surface area contributed by atoms with Gasteiger partial charge in [0.15, 0.2) is 0 Å². The maximum absolute atomic E-state index is 14.7. The van der Waals surface area contributed by atoms with Crippen molar-refractivity contribution in [3.8, 4) is 5.75 Å². The first kappa shape index (κ1) is 22.8. The predicted octanol–water partition coefficient (Wildman–Crippen LogP) is 3.78. The highest BCUT2D eigenvalue weighted by Crippen LogP contribution is 2.46. The van der Waals surface area contributed by atoms with Gasteiger partial charge in [-0.05, 0) is 24.3 Å². The Labute approximate surface area is 187 Å². The van der Waals surface area contributed by atoms with Crippen molar-refractivity contribution in [3.63, 3.8) is 0 Å². The van der Waals surface area contributed by atoms with Crippen LogP contribution in [0.1, 0.15) is 23.6 Å². The van der Waals surface area contributed by atoms with Gasteiger partial charge in [0.2, 0.25) is 5.96 Å². The van der Waals surface area contributed by atoms with Crippen LogP contribution in [0.5, 0.6) is 5.75 Å². The summed E-state index contributed by atoms with van der Waals surface area (Å²) in [6.45, 7) is 2.08. The van der Waals surface area contributed by atoms with Gasteiger partial charge in [-0.3, -0.25) is 4.79 Å². The molecule has 1 fully saturated rings. The molecule has 0 amide bonds. The normalized spacial score (nSPS) is 18.6. The van der Waals surface area contributed by atoms with Gasteiger partial charge in [0.1, 0.15) is 17.3 Å². The lowest BCUT2D eigenvalue weighted by atomic mass is 9.96. The van der Waals surface area contributed by atoms with Crippen molar-refractivity contribution in [2.45, 2.75) is 18.6 Å². The van der Waals surface area contributed by atoms with E-state index in [9.17, 15) is 27.5 Å². The van der Waals surface area contributed by atoms with Crippen LogP contribution in [0.15, 0.2) is 41.4 Å². The van der Waals surface area contributed by atoms with Gasteiger partial charge in [-0.1, -0.05) is 12.1 Å². The average Bonchev–Trinajstić information content (AvgIpc) is 2.78. The van der Waals surface area contributed by atoms with Crippen molar-refractivity contribution in [3.05, 3.63) is 53.3 Å². The molecular weight excluding hydrogens is 444 g/mol. The Morgan fingerprint density at radius 2 is 1.97 bits per heavy atom. The van der Waals surface area contributed by atoms with Crippen molar-refractivity contribution < 1.29 is 32.2 Å². The number of halogens is 4. The number of fused-ring (bicyclic) bond motifs is 1. The molecule has 0 radical (unpaired) electrons. The number of benzene rings is 2. The van der Waals surface area contributed by atoms with Crippen LogP contribution < -0.4 is 15.0 Å². The second kappa shape index (κ2) is 8.89. The molecule has 11 heteroatoms. The lowest BCUT2D eigenvalue weighted by molar-refractivity contribution is -0.138. The van der Waals surface area contributed by atoms with E-state index < -0.39 is 36.0 Å². The number of carboxylic acids is 1. The fourth-order valence-corrected chi connectivity index (χ4v) is 4.14. The molecule has 1 atom stereocenters. The highest BCUT2D eigenvalue weighted by atomic mass is 19.4. The van der Waals surface area contributed by atoms with Gasteiger partial charge in [-0.25, -0.2) is 9.38 Å². The number of carbonyl (C=O) groups is 1. The summed E-state index contributed by atoms with van der Waals surface area (Å²) in [4.78, 5) is 19.5. The summed E-state index contributed by atoms with van der Waals surface area (Å²) in [6.07, 6.45) is -5.11. The molecule has 7 nitrogen and oxygen atoms in total. The van der Waals surface area contributed by atoms with E-state index in [0.717, 1.165) is 12.1 Å². The number of alkyl halides is 3. The number of hydrogen-bond acceptors (Lipinski definition) is 6. The maximum Gasteiger partial charge on any atom is 0.416 e. The van der Waals surface area contributed by atoms with Gasteiger partial charge in [0.05, 0.1) is 30.8 Å².